The fraction of sp³-hybridized carbons (Fsp3) is 0.111. The summed E-state index contributed by atoms with van der Waals surface area (Å²) in [6.07, 6.45) is 1.61. The van der Waals surface area contributed by atoms with Crippen LogP contribution < -0.4 is 0 Å². The maximum Gasteiger partial charge on any atom is 0.272 e. The lowest BCUT2D eigenvalue weighted by Crippen LogP contribution is -1.93. The molecule has 0 atom stereocenters. The van der Waals surface area contributed by atoms with Crippen molar-refractivity contribution >= 4 is 5.69 Å². The number of nitro groups is 1. The predicted molar refractivity (Wildman–Crippen MR) is 48.6 cm³/mol. The molecule has 4 nitrogen and oxygen atoms in total. The Bertz CT molecular complexity index is 390. The Morgan fingerprint density at radius 3 is 2.79 bits per heavy atom. The first kappa shape index (κ1) is 10.2. The van der Waals surface area contributed by atoms with Crippen LogP contribution in [0.15, 0.2) is 24.8 Å². The molecule has 0 aliphatic carbocycles. The SMILES string of the molecule is C=CCc1cc([N+](=O)[O-])cc(F)c1O. The Kier molecular flexibility index (Phi) is 2.81. The number of rotatable bonds is 3. The highest BCUT2D eigenvalue weighted by atomic mass is 19.1. The molecule has 1 aromatic rings. The average Bonchev–Trinajstić information content (AvgIpc) is 2.12. The van der Waals surface area contributed by atoms with Crippen LogP contribution in [0.5, 0.6) is 5.75 Å². The van der Waals surface area contributed by atoms with Crippen LogP contribution in [0.4, 0.5) is 10.1 Å². The molecular formula is C9H8FNO3. The van der Waals surface area contributed by atoms with Gasteiger partial charge < -0.3 is 5.11 Å². The molecule has 0 aromatic heterocycles. The highest BCUT2D eigenvalue weighted by Crippen LogP contribution is 2.27. The third-order valence-corrected chi connectivity index (χ3v) is 1.70. The van der Waals surface area contributed by atoms with E-state index < -0.39 is 16.5 Å². The van der Waals surface area contributed by atoms with Crippen molar-refractivity contribution in [2.45, 2.75) is 6.42 Å². The number of non-ortho nitro benzene ring substituents is 1. The van der Waals surface area contributed by atoms with Crippen molar-refractivity contribution in [2.75, 3.05) is 0 Å². The number of hydrogen-bond acceptors (Lipinski definition) is 3. The number of allylic oxidation sites excluding steroid dienone is 1. The fourth-order valence-corrected chi connectivity index (χ4v) is 1.06. The van der Waals surface area contributed by atoms with Crippen molar-refractivity contribution in [3.05, 3.63) is 46.3 Å². The summed E-state index contributed by atoms with van der Waals surface area (Å²) in [5.41, 5.74) is -0.219. The van der Waals surface area contributed by atoms with Crippen LogP contribution in [-0.2, 0) is 6.42 Å². The summed E-state index contributed by atoms with van der Waals surface area (Å²) in [5, 5.41) is 19.5. The zero-order valence-electron chi connectivity index (χ0n) is 7.24. The summed E-state index contributed by atoms with van der Waals surface area (Å²) in [5.74, 6) is -1.55. The molecule has 0 radical (unpaired) electrons. The van der Waals surface area contributed by atoms with E-state index in [0.29, 0.717) is 6.07 Å². The van der Waals surface area contributed by atoms with Gasteiger partial charge >= 0.3 is 0 Å². The zero-order valence-corrected chi connectivity index (χ0v) is 7.24. The van der Waals surface area contributed by atoms with Crippen molar-refractivity contribution in [1.29, 1.82) is 0 Å². The van der Waals surface area contributed by atoms with E-state index in [1.807, 2.05) is 0 Å². The molecule has 0 aliphatic heterocycles. The minimum Gasteiger partial charge on any atom is -0.505 e. The van der Waals surface area contributed by atoms with Crippen LogP contribution in [0.3, 0.4) is 0 Å². The van der Waals surface area contributed by atoms with Gasteiger partial charge in [-0.25, -0.2) is 4.39 Å². The van der Waals surface area contributed by atoms with Gasteiger partial charge in [0.15, 0.2) is 11.6 Å². The van der Waals surface area contributed by atoms with Crippen molar-refractivity contribution in [1.82, 2.24) is 0 Å². The number of hydrogen-bond donors (Lipinski definition) is 1. The lowest BCUT2D eigenvalue weighted by atomic mass is 10.1. The Balaban J connectivity index is 3.27. The zero-order chi connectivity index (χ0) is 10.7. The molecular weight excluding hydrogens is 189 g/mol. The van der Waals surface area contributed by atoms with Crippen molar-refractivity contribution in [3.8, 4) is 5.75 Å². The lowest BCUT2D eigenvalue weighted by molar-refractivity contribution is -0.385. The monoisotopic (exact) mass is 197 g/mol. The Morgan fingerprint density at radius 1 is 1.64 bits per heavy atom. The predicted octanol–water partition coefficient (Wildman–Crippen LogP) is 2.17. The van der Waals surface area contributed by atoms with Gasteiger partial charge in [0, 0.05) is 11.6 Å². The van der Waals surface area contributed by atoms with Gasteiger partial charge in [-0.15, -0.1) is 6.58 Å². The number of nitrogens with zero attached hydrogens (tertiary/aromatic N) is 1. The topological polar surface area (TPSA) is 63.4 Å². The Hall–Kier alpha value is -1.91. The van der Waals surface area contributed by atoms with E-state index in [1.165, 1.54) is 6.08 Å². The molecule has 0 saturated heterocycles. The van der Waals surface area contributed by atoms with E-state index in [1.54, 1.807) is 0 Å². The number of phenolic OH excluding ortho intramolecular Hbond substituents is 1. The summed E-state index contributed by atoms with van der Waals surface area (Å²) >= 11 is 0. The third-order valence-electron chi connectivity index (χ3n) is 1.70. The average molecular weight is 197 g/mol. The minimum atomic E-state index is -0.990. The molecule has 1 rings (SSSR count). The molecule has 0 unspecified atom stereocenters. The first-order valence-electron chi connectivity index (χ1n) is 3.83. The largest absolute Gasteiger partial charge is 0.505 e. The van der Waals surface area contributed by atoms with Crippen molar-refractivity contribution in [2.24, 2.45) is 0 Å². The minimum absolute atomic E-state index is 0.159. The van der Waals surface area contributed by atoms with Crippen LogP contribution in [-0.4, -0.2) is 10.0 Å². The van der Waals surface area contributed by atoms with Crippen molar-refractivity contribution in [3.63, 3.8) is 0 Å². The molecule has 0 heterocycles. The second-order valence-corrected chi connectivity index (χ2v) is 2.69. The molecule has 1 aromatic carbocycles. The van der Waals surface area contributed by atoms with Crippen LogP contribution in [0, 0.1) is 15.9 Å². The van der Waals surface area contributed by atoms with Crippen molar-refractivity contribution < 1.29 is 14.4 Å². The number of phenols is 1. The van der Waals surface area contributed by atoms with Crippen LogP contribution in [0.25, 0.3) is 0 Å². The highest BCUT2D eigenvalue weighted by molar-refractivity contribution is 5.44. The molecule has 0 saturated carbocycles. The van der Waals surface area contributed by atoms with Gasteiger partial charge in [-0.05, 0) is 6.42 Å². The first-order chi connectivity index (χ1) is 6.56. The molecule has 0 bridgehead atoms. The second-order valence-electron chi connectivity index (χ2n) is 2.69. The third kappa shape index (κ3) is 1.87. The van der Waals surface area contributed by atoms with E-state index in [0.717, 1.165) is 6.07 Å². The maximum absolute atomic E-state index is 12.9. The molecule has 74 valence electrons. The second kappa shape index (κ2) is 3.87. The summed E-state index contributed by atoms with van der Waals surface area (Å²) in [4.78, 5) is 9.64. The molecule has 0 aliphatic rings. The van der Waals surface area contributed by atoms with Gasteiger partial charge in [-0.2, -0.15) is 0 Å². The molecule has 0 spiro atoms. The standard InChI is InChI=1S/C9H8FNO3/c1-2-3-6-4-7(11(13)14)5-8(10)9(6)12/h2,4-5,12H,1,3H2. The molecule has 0 amide bonds. The first-order valence-corrected chi connectivity index (χ1v) is 3.83. The van der Waals surface area contributed by atoms with E-state index in [9.17, 15) is 19.6 Å². The highest BCUT2D eigenvalue weighted by Gasteiger charge is 2.14. The Labute approximate surface area is 79.4 Å². The molecule has 5 heteroatoms. The smallest absolute Gasteiger partial charge is 0.272 e. The number of benzene rings is 1. The number of aromatic hydroxyl groups is 1. The molecule has 14 heavy (non-hydrogen) atoms. The summed E-state index contributed by atoms with van der Waals surface area (Å²) < 4.78 is 12.9. The number of nitro benzene ring substituents is 1. The van der Waals surface area contributed by atoms with Gasteiger partial charge in [-0.3, -0.25) is 10.1 Å². The summed E-state index contributed by atoms with van der Waals surface area (Å²) in [7, 11) is 0. The number of halogens is 1. The molecule has 0 fully saturated rings. The van der Waals surface area contributed by atoms with Crippen LogP contribution >= 0.6 is 0 Å². The van der Waals surface area contributed by atoms with Gasteiger partial charge in [-0.1, -0.05) is 6.08 Å². The van der Waals surface area contributed by atoms with Crippen LogP contribution in [0.1, 0.15) is 5.56 Å². The van der Waals surface area contributed by atoms with Crippen LogP contribution in [0.2, 0.25) is 0 Å². The van der Waals surface area contributed by atoms with E-state index in [-0.39, 0.29) is 17.7 Å². The van der Waals surface area contributed by atoms with E-state index in [2.05, 4.69) is 6.58 Å². The van der Waals surface area contributed by atoms with Gasteiger partial charge in [0.25, 0.3) is 5.69 Å². The van der Waals surface area contributed by atoms with E-state index >= 15 is 0 Å². The maximum atomic E-state index is 12.9. The van der Waals surface area contributed by atoms with Gasteiger partial charge in [0.2, 0.25) is 0 Å². The summed E-state index contributed by atoms with van der Waals surface area (Å²) in [6.45, 7) is 3.40. The van der Waals surface area contributed by atoms with Gasteiger partial charge in [0.05, 0.1) is 11.0 Å². The Morgan fingerprint density at radius 2 is 2.29 bits per heavy atom. The van der Waals surface area contributed by atoms with Gasteiger partial charge in [0.1, 0.15) is 0 Å². The quantitative estimate of drug-likeness (QED) is 0.458. The fourth-order valence-electron chi connectivity index (χ4n) is 1.06. The van der Waals surface area contributed by atoms with E-state index in [4.69, 9.17) is 0 Å². The molecule has 1 N–H and O–H groups in total. The lowest BCUT2D eigenvalue weighted by Gasteiger charge is -2.02. The summed E-state index contributed by atoms with van der Waals surface area (Å²) in [6, 6.07) is 1.81. The normalized spacial score (nSPS) is 9.79.